The van der Waals surface area contributed by atoms with Crippen molar-refractivity contribution >= 4 is 23.5 Å². The standard InChI is InChI=1S/C11H12N2O3/c1-3-16-11(15)13-10-6-4-5-9(8(10)2)12-7-14/h4-6H,3H2,1-2H3,(H,13,15). The Morgan fingerprint density at radius 1 is 1.56 bits per heavy atom. The van der Waals surface area contributed by atoms with Crippen molar-refractivity contribution in [3.8, 4) is 0 Å². The number of isocyanates is 1. The third-order valence-electron chi connectivity index (χ3n) is 1.98. The van der Waals surface area contributed by atoms with E-state index >= 15 is 0 Å². The number of amides is 1. The fraction of sp³-hybridized carbons (Fsp3) is 0.273. The molecule has 0 heterocycles. The van der Waals surface area contributed by atoms with Crippen LogP contribution in [0, 0.1) is 6.92 Å². The van der Waals surface area contributed by atoms with Crippen molar-refractivity contribution in [2.24, 2.45) is 4.99 Å². The van der Waals surface area contributed by atoms with Gasteiger partial charge in [-0.1, -0.05) is 6.07 Å². The molecule has 0 spiro atoms. The Hall–Kier alpha value is -2.13. The van der Waals surface area contributed by atoms with Gasteiger partial charge in [0.2, 0.25) is 6.08 Å². The molecule has 5 nitrogen and oxygen atoms in total. The van der Waals surface area contributed by atoms with Crippen molar-refractivity contribution < 1.29 is 14.3 Å². The number of carbonyl (C=O) groups excluding carboxylic acids is 2. The number of anilines is 1. The summed E-state index contributed by atoms with van der Waals surface area (Å²) in [4.78, 5) is 24.9. The highest BCUT2D eigenvalue weighted by molar-refractivity contribution is 5.86. The quantitative estimate of drug-likeness (QED) is 0.628. The van der Waals surface area contributed by atoms with Crippen LogP contribution in [0.2, 0.25) is 0 Å². The number of benzene rings is 1. The zero-order valence-electron chi connectivity index (χ0n) is 9.11. The first-order chi connectivity index (χ1) is 7.69. The maximum atomic E-state index is 11.2. The highest BCUT2D eigenvalue weighted by Crippen LogP contribution is 2.25. The predicted octanol–water partition coefficient (Wildman–Crippen LogP) is 2.53. The van der Waals surface area contributed by atoms with E-state index in [0.29, 0.717) is 23.5 Å². The Morgan fingerprint density at radius 3 is 2.94 bits per heavy atom. The van der Waals surface area contributed by atoms with Crippen molar-refractivity contribution in [1.29, 1.82) is 0 Å². The van der Waals surface area contributed by atoms with Crippen LogP contribution in [0.1, 0.15) is 12.5 Å². The molecule has 1 aromatic rings. The van der Waals surface area contributed by atoms with Gasteiger partial charge >= 0.3 is 6.09 Å². The minimum absolute atomic E-state index is 0.303. The number of ether oxygens (including phenoxy) is 1. The summed E-state index contributed by atoms with van der Waals surface area (Å²) in [6, 6.07) is 5.05. The highest BCUT2D eigenvalue weighted by Gasteiger charge is 2.07. The van der Waals surface area contributed by atoms with Gasteiger partial charge in [0.15, 0.2) is 0 Å². The smallest absolute Gasteiger partial charge is 0.411 e. The van der Waals surface area contributed by atoms with E-state index in [0.717, 1.165) is 0 Å². The minimum atomic E-state index is -0.530. The molecular weight excluding hydrogens is 208 g/mol. The molecule has 0 radical (unpaired) electrons. The summed E-state index contributed by atoms with van der Waals surface area (Å²) < 4.78 is 4.74. The molecule has 1 aromatic carbocycles. The van der Waals surface area contributed by atoms with Gasteiger partial charge in [0.1, 0.15) is 0 Å². The van der Waals surface area contributed by atoms with Gasteiger partial charge in [-0.25, -0.2) is 9.59 Å². The molecule has 1 amide bonds. The molecule has 0 aliphatic carbocycles. The van der Waals surface area contributed by atoms with E-state index in [1.807, 2.05) is 0 Å². The van der Waals surface area contributed by atoms with E-state index in [4.69, 9.17) is 4.74 Å². The van der Waals surface area contributed by atoms with Crippen LogP contribution in [0.15, 0.2) is 23.2 Å². The van der Waals surface area contributed by atoms with Crippen LogP contribution in [-0.2, 0) is 9.53 Å². The maximum absolute atomic E-state index is 11.2. The summed E-state index contributed by atoms with van der Waals surface area (Å²) in [6.45, 7) is 3.77. The van der Waals surface area contributed by atoms with Crippen molar-refractivity contribution in [3.05, 3.63) is 23.8 Å². The zero-order chi connectivity index (χ0) is 12.0. The molecule has 0 saturated carbocycles. The third-order valence-corrected chi connectivity index (χ3v) is 1.98. The van der Waals surface area contributed by atoms with Gasteiger partial charge in [-0.2, -0.15) is 4.99 Å². The molecule has 5 heteroatoms. The fourth-order valence-electron chi connectivity index (χ4n) is 1.21. The lowest BCUT2D eigenvalue weighted by Crippen LogP contribution is -2.13. The van der Waals surface area contributed by atoms with Crippen LogP contribution in [0.4, 0.5) is 16.2 Å². The molecule has 0 aliphatic heterocycles. The van der Waals surface area contributed by atoms with Crippen molar-refractivity contribution in [3.63, 3.8) is 0 Å². The Bertz CT molecular complexity index is 437. The van der Waals surface area contributed by atoms with Gasteiger partial charge in [-0.3, -0.25) is 5.32 Å². The molecule has 1 rings (SSSR count). The summed E-state index contributed by atoms with van der Waals surface area (Å²) >= 11 is 0. The topological polar surface area (TPSA) is 67.8 Å². The molecule has 0 atom stereocenters. The second kappa shape index (κ2) is 5.68. The van der Waals surface area contributed by atoms with E-state index < -0.39 is 6.09 Å². The normalized spacial score (nSPS) is 9.12. The summed E-state index contributed by atoms with van der Waals surface area (Å²) in [7, 11) is 0. The number of carbonyl (C=O) groups is 1. The first kappa shape index (κ1) is 11.9. The van der Waals surface area contributed by atoms with Crippen molar-refractivity contribution in [2.45, 2.75) is 13.8 Å². The predicted molar refractivity (Wildman–Crippen MR) is 59.6 cm³/mol. The minimum Gasteiger partial charge on any atom is -0.450 e. The first-order valence-corrected chi connectivity index (χ1v) is 4.80. The first-order valence-electron chi connectivity index (χ1n) is 4.80. The molecule has 1 N–H and O–H groups in total. The van der Waals surface area contributed by atoms with Crippen LogP contribution in [0.3, 0.4) is 0 Å². The SMILES string of the molecule is CCOC(=O)Nc1cccc(N=C=O)c1C. The van der Waals surface area contributed by atoms with E-state index in [1.165, 1.54) is 6.08 Å². The lowest BCUT2D eigenvalue weighted by Gasteiger charge is -2.08. The summed E-state index contributed by atoms with van der Waals surface area (Å²) in [5.41, 5.74) is 1.73. The Labute approximate surface area is 93.1 Å². The number of hydrogen-bond donors (Lipinski definition) is 1. The molecule has 0 saturated heterocycles. The summed E-state index contributed by atoms with van der Waals surface area (Å²) in [6.07, 6.45) is 0.932. The Balaban J connectivity index is 2.92. The molecule has 0 fully saturated rings. The van der Waals surface area contributed by atoms with Gasteiger partial charge in [-0.05, 0) is 31.5 Å². The third kappa shape index (κ3) is 2.93. The van der Waals surface area contributed by atoms with Crippen LogP contribution >= 0.6 is 0 Å². The molecule has 0 unspecified atom stereocenters. The molecular formula is C11H12N2O3. The molecule has 0 bridgehead atoms. The number of nitrogens with zero attached hydrogens (tertiary/aromatic N) is 1. The van der Waals surface area contributed by atoms with Crippen molar-refractivity contribution in [1.82, 2.24) is 0 Å². The van der Waals surface area contributed by atoms with Crippen LogP contribution in [0.25, 0.3) is 0 Å². The average molecular weight is 220 g/mol. The second-order valence-corrected chi connectivity index (χ2v) is 3.00. The molecule has 84 valence electrons. The van der Waals surface area contributed by atoms with Gasteiger partial charge in [0.05, 0.1) is 12.3 Å². The van der Waals surface area contributed by atoms with Gasteiger partial charge < -0.3 is 4.74 Å². The molecule has 0 aromatic heterocycles. The van der Waals surface area contributed by atoms with Crippen molar-refractivity contribution in [2.75, 3.05) is 11.9 Å². The fourth-order valence-corrected chi connectivity index (χ4v) is 1.21. The molecule has 0 aliphatic rings. The largest absolute Gasteiger partial charge is 0.450 e. The highest BCUT2D eigenvalue weighted by atomic mass is 16.5. The number of hydrogen-bond acceptors (Lipinski definition) is 4. The Morgan fingerprint density at radius 2 is 2.31 bits per heavy atom. The summed E-state index contributed by atoms with van der Waals surface area (Å²) in [5, 5.41) is 2.56. The monoisotopic (exact) mass is 220 g/mol. The summed E-state index contributed by atoms with van der Waals surface area (Å²) in [5.74, 6) is 0. The second-order valence-electron chi connectivity index (χ2n) is 3.00. The lowest BCUT2D eigenvalue weighted by molar-refractivity contribution is 0.168. The van der Waals surface area contributed by atoms with E-state index in [1.54, 1.807) is 32.0 Å². The van der Waals surface area contributed by atoms with Crippen LogP contribution < -0.4 is 5.32 Å². The lowest BCUT2D eigenvalue weighted by atomic mass is 10.1. The van der Waals surface area contributed by atoms with Gasteiger partial charge in [0.25, 0.3) is 0 Å². The Kier molecular flexibility index (Phi) is 4.24. The molecule has 16 heavy (non-hydrogen) atoms. The zero-order valence-corrected chi connectivity index (χ0v) is 9.11. The number of aliphatic imine (C=N–C) groups is 1. The number of rotatable bonds is 3. The maximum Gasteiger partial charge on any atom is 0.411 e. The van der Waals surface area contributed by atoms with E-state index in [9.17, 15) is 9.59 Å². The van der Waals surface area contributed by atoms with Gasteiger partial charge in [-0.15, -0.1) is 0 Å². The van der Waals surface area contributed by atoms with Gasteiger partial charge in [0, 0.05) is 5.69 Å². The number of nitrogens with one attached hydrogen (secondary N) is 1. The van der Waals surface area contributed by atoms with Crippen LogP contribution in [-0.4, -0.2) is 18.8 Å². The van der Waals surface area contributed by atoms with E-state index in [2.05, 4.69) is 10.3 Å². The van der Waals surface area contributed by atoms with E-state index in [-0.39, 0.29) is 0 Å². The average Bonchev–Trinajstić information content (AvgIpc) is 2.24. The van der Waals surface area contributed by atoms with Crippen LogP contribution in [0.5, 0.6) is 0 Å².